The molecule has 1 heterocycles. The van der Waals surface area contributed by atoms with Crippen molar-refractivity contribution in [3.05, 3.63) is 66.2 Å². The number of para-hydroxylation sites is 1. The van der Waals surface area contributed by atoms with Crippen molar-refractivity contribution in [2.24, 2.45) is 0 Å². The molecule has 4 amide bonds. The molecule has 7 heteroatoms. The molecule has 2 aromatic carbocycles. The van der Waals surface area contributed by atoms with Crippen LogP contribution >= 0.6 is 0 Å². The Bertz CT molecular complexity index is 924. The lowest BCUT2D eigenvalue weighted by Crippen LogP contribution is -2.45. The van der Waals surface area contributed by atoms with Gasteiger partial charge in [-0.25, -0.2) is 4.79 Å². The number of urea groups is 1. The average molecular weight is 376 g/mol. The van der Waals surface area contributed by atoms with Crippen molar-refractivity contribution in [2.45, 2.75) is 18.9 Å². The summed E-state index contributed by atoms with van der Waals surface area (Å²) in [6.07, 6.45) is 0.141. The van der Waals surface area contributed by atoms with Gasteiger partial charge in [0.2, 0.25) is 5.91 Å². The zero-order valence-corrected chi connectivity index (χ0v) is 15.5. The van der Waals surface area contributed by atoms with Gasteiger partial charge in [-0.05, 0) is 24.6 Å². The molecule has 0 aromatic heterocycles. The molecule has 0 saturated carbocycles. The maximum Gasteiger partial charge on any atom is 0.325 e. The first-order chi connectivity index (χ1) is 13.5. The largest absolute Gasteiger partial charge is 0.325 e. The lowest BCUT2D eigenvalue weighted by Gasteiger charge is -2.25. The van der Waals surface area contributed by atoms with E-state index in [1.165, 1.54) is 4.90 Å². The van der Waals surface area contributed by atoms with Gasteiger partial charge >= 0.3 is 6.03 Å². The summed E-state index contributed by atoms with van der Waals surface area (Å²) in [6, 6.07) is 19.2. The number of nitrogens with zero attached hydrogens (tertiary/aromatic N) is 3. The summed E-state index contributed by atoms with van der Waals surface area (Å²) in [5, 5.41) is 11.6. The van der Waals surface area contributed by atoms with Crippen LogP contribution in [0.1, 0.15) is 18.9 Å². The summed E-state index contributed by atoms with van der Waals surface area (Å²) in [7, 11) is 0. The topological polar surface area (TPSA) is 93.5 Å². The van der Waals surface area contributed by atoms with E-state index in [9.17, 15) is 14.4 Å². The van der Waals surface area contributed by atoms with Crippen molar-refractivity contribution in [3.8, 4) is 6.07 Å². The van der Waals surface area contributed by atoms with Gasteiger partial charge in [0, 0.05) is 12.2 Å². The molecule has 0 radical (unpaired) electrons. The lowest BCUT2D eigenvalue weighted by atomic mass is 9.92. The first-order valence-electron chi connectivity index (χ1n) is 8.89. The molecule has 0 spiro atoms. The third-order valence-electron chi connectivity index (χ3n) is 4.74. The summed E-state index contributed by atoms with van der Waals surface area (Å²) >= 11 is 0. The van der Waals surface area contributed by atoms with Crippen molar-refractivity contribution in [1.29, 1.82) is 5.26 Å². The molecule has 3 rings (SSSR count). The van der Waals surface area contributed by atoms with Crippen LogP contribution in [0.4, 0.5) is 10.5 Å². The Kier molecular flexibility index (Phi) is 5.41. The number of amides is 4. The van der Waals surface area contributed by atoms with Crippen LogP contribution in [-0.4, -0.2) is 35.8 Å². The van der Waals surface area contributed by atoms with E-state index in [1.807, 2.05) is 18.2 Å². The van der Waals surface area contributed by atoms with E-state index >= 15 is 0 Å². The van der Waals surface area contributed by atoms with Crippen LogP contribution < -0.4 is 10.2 Å². The van der Waals surface area contributed by atoms with E-state index in [0.717, 1.165) is 4.90 Å². The zero-order chi connectivity index (χ0) is 20.1. The minimum Gasteiger partial charge on any atom is -0.319 e. The smallest absolute Gasteiger partial charge is 0.319 e. The van der Waals surface area contributed by atoms with Gasteiger partial charge in [0.15, 0.2) is 0 Å². The molecule has 7 nitrogen and oxygen atoms in total. The fraction of sp³-hybridized carbons (Fsp3) is 0.238. The highest BCUT2D eigenvalue weighted by molar-refractivity contribution is 6.10. The average Bonchev–Trinajstić information content (AvgIpc) is 2.94. The highest BCUT2D eigenvalue weighted by atomic mass is 16.2. The molecule has 1 fully saturated rings. The van der Waals surface area contributed by atoms with E-state index in [1.54, 1.807) is 55.5 Å². The molecule has 142 valence electrons. The number of nitriles is 1. The van der Waals surface area contributed by atoms with Gasteiger partial charge in [-0.1, -0.05) is 48.5 Å². The number of hydrogen-bond donors (Lipinski definition) is 1. The van der Waals surface area contributed by atoms with E-state index in [0.29, 0.717) is 11.3 Å². The number of imide groups is 1. The number of anilines is 1. The fourth-order valence-corrected chi connectivity index (χ4v) is 3.20. The van der Waals surface area contributed by atoms with Crippen molar-refractivity contribution in [1.82, 2.24) is 10.2 Å². The second kappa shape index (κ2) is 7.92. The summed E-state index contributed by atoms with van der Waals surface area (Å²) < 4.78 is 0. The van der Waals surface area contributed by atoms with Crippen LogP contribution in [0.3, 0.4) is 0 Å². The molecule has 1 aliphatic heterocycles. The number of rotatable bonds is 6. The van der Waals surface area contributed by atoms with Gasteiger partial charge in [-0.3, -0.25) is 14.5 Å². The molecule has 1 atom stereocenters. The van der Waals surface area contributed by atoms with Gasteiger partial charge in [0.25, 0.3) is 5.91 Å². The Morgan fingerprint density at radius 1 is 1.11 bits per heavy atom. The Labute approximate surface area is 163 Å². The van der Waals surface area contributed by atoms with Crippen LogP contribution in [0.5, 0.6) is 0 Å². The van der Waals surface area contributed by atoms with E-state index in [4.69, 9.17) is 5.26 Å². The highest BCUT2D eigenvalue weighted by Crippen LogP contribution is 2.28. The Morgan fingerprint density at radius 3 is 2.32 bits per heavy atom. The van der Waals surface area contributed by atoms with Crippen LogP contribution in [0, 0.1) is 11.3 Å². The lowest BCUT2D eigenvalue weighted by molar-refractivity contribution is -0.134. The summed E-state index contributed by atoms with van der Waals surface area (Å²) in [5.41, 5.74) is 0.0383. The van der Waals surface area contributed by atoms with Gasteiger partial charge < -0.3 is 10.2 Å². The van der Waals surface area contributed by atoms with E-state index in [2.05, 4.69) is 5.32 Å². The van der Waals surface area contributed by atoms with Crippen molar-refractivity contribution in [2.75, 3.05) is 18.0 Å². The molecule has 1 N–H and O–H groups in total. The molecule has 2 aromatic rings. The SMILES string of the molecule is CC1(c2ccccc2)NC(=O)N(CC(=O)N(CCC#N)c2ccccc2)C1=O. The number of carbonyl (C=O) groups excluding carboxylic acids is 3. The van der Waals surface area contributed by atoms with Crippen LogP contribution in [-0.2, 0) is 15.1 Å². The van der Waals surface area contributed by atoms with Crippen LogP contribution in [0.15, 0.2) is 60.7 Å². The monoisotopic (exact) mass is 376 g/mol. The Hall–Kier alpha value is -3.66. The quantitative estimate of drug-likeness (QED) is 0.784. The number of carbonyl (C=O) groups is 3. The molecule has 1 aliphatic rings. The second-order valence-corrected chi connectivity index (χ2v) is 6.60. The maximum atomic E-state index is 13.0. The molecule has 28 heavy (non-hydrogen) atoms. The third-order valence-corrected chi connectivity index (χ3v) is 4.74. The van der Waals surface area contributed by atoms with E-state index in [-0.39, 0.29) is 13.0 Å². The fourth-order valence-electron chi connectivity index (χ4n) is 3.20. The summed E-state index contributed by atoms with van der Waals surface area (Å²) in [6.45, 7) is 1.41. The summed E-state index contributed by atoms with van der Waals surface area (Å²) in [4.78, 5) is 40.7. The van der Waals surface area contributed by atoms with Crippen molar-refractivity contribution in [3.63, 3.8) is 0 Å². The predicted molar refractivity (Wildman–Crippen MR) is 103 cm³/mol. The summed E-state index contributed by atoms with van der Waals surface area (Å²) in [5.74, 6) is -0.910. The molecule has 0 bridgehead atoms. The van der Waals surface area contributed by atoms with Crippen LogP contribution in [0.2, 0.25) is 0 Å². The van der Waals surface area contributed by atoms with Gasteiger partial charge in [-0.15, -0.1) is 0 Å². The first kappa shape index (κ1) is 19.1. The zero-order valence-electron chi connectivity index (χ0n) is 15.5. The van der Waals surface area contributed by atoms with Crippen molar-refractivity contribution >= 4 is 23.5 Å². The molecule has 1 saturated heterocycles. The number of hydrogen-bond acceptors (Lipinski definition) is 4. The molecule has 0 aliphatic carbocycles. The Balaban J connectivity index is 1.81. The molecule has 1 unspecified atom stereocenters. The van der Waals surface area contributed by atoms with Gasteiger partial charge in [0.1, 0.15) is 12.1 Å². The number of nitrogens with one attached hydrogen (secondary N) is 1. The standard InChI is InChI=1S/C21H20N4O3/c1-21(16-9-4-2-5-10-16)19(27)25(20(28)23-21)15-18(26)24(14-8-13-22)17-11-6-3-7-12-17/h2-7,9-12H,8,14-15H2,1H3,(H,23,28). The van der Waals surface area contributed by atoms with Crippen molar-refractivity contribution < 1.29 is 14.4 Å². The highest BCUT2D eigenvalue weighted by Gasteiger charge is 2.49. The minimum atomic E-state index is -1.22. The first-order valence-corrected chi connectivity index (χ1v) is 8.89. The maximum absolute atomic E-state index is 13.0. The minimum absolute atomic E-state index is 0.141. The second-order valence-electron chi connectivity index (χ2n) is 6.60. The van der Waals surface area contributed by atoms with E-state index < -0.39 is 29.9 Å². The normalized spacial score (nSPS) is 18.5. The molecular formula is C21H20N4O3. The molecular weight excluding hydrogens is 356 g/mol. The Morgan fingerprint density at radius 2 is 1.71 bits per heavy atom. The van der Waals surface area contributed by atoms with Gasteiger partial charge in [-0.2, -0.15) is 5.26 Å². The van der Waals surface area contributed by atoms with Gasteiger partial charge in [0.05, 0.1) is 12.5 Å². The third kappa shape index (κ3) is 3.58. The predicted octanol–water partition coefficient (Wildman–Crippen LogP) is 2.40. The van der Waals surface area contributed by atoms with Crippen LogP contribution in [0.25, 0.3) is 0 Å². The number of benzene rings is 2.